The summed E-state index contributed by atoms with van der Waals surface area (Å²) >= 11 is 0.911. The summed E-state index contributed by atoms with van der Waals surface area (Å²) in [4.78, 5) is 38.2. The van der Waals surface area contributed by atoms with Crippen LogP contribution in [0.15, 0.2) is 24.3 Å². The Morgan fingerprint density at radius 2 is 1.95 bits per heavy atom. The normalized spacial score (nSPS) is 18.2. The van der Waals surface area contributed by atoms with E-state index in [9.17, 15) is 14.4 Å². The third-order valence-electron chi connectivity index (χ3n) is 3.20. The summed E-state index contributed by atoms with van der Waals surface area (Å²) in [5, 5.41) is -1.04. The number of rotatable bonds is 5. The molecule has 1 aliphatic heterocycles. The van der Waals surface area contributed by atoms with Crippen LogP contribution in [0, 0.1) is 6.92 Å². The van der Waals surface area contributed by atoms with Crippen LogP contribution in [0.1, 0.15) is 12.5 Å². The van der Waals surface area contributed by atoms with Crippen LogP contribution in [-0.2, 0) is 9.59 Å². The molecule has 2 rings (SSSR count). The minimum atomic E-state index is -0.743. The number of hydrogen-bond donors (Lipinski definition) is 1. The standard InChI is InChI=1S/C14H17N3O3S/c1-3-16-12(19)13(21-14(16)20)17(8-11(15)18)10-6-4-9(2)5-7-10/h4-7,13H,3,8H2,1-2H3,(H2,15,18)/t13-/m0/s1. The maximum Gasteiger partial charge on any atom is 0.290 e. The fraction of sp³-hybridized carbons (Fsp3) is 0.357. The summed E-state index contributed by atoms with van der Waals surface area (Å²) in [6.07, 6.45) is 0. The average Bonchev–Trinajstić information content (AvgIpc) is 2.71. The van der Waals surface area contributed by atoms with E-state index in [1.165, 1.54) is 4.90 Å². The molecule has 0 saturated carbocycles. The summed E-state index contributed by atoms with van der Waals surface area (Å²) in [6, 6.07) is 7.38. The molecule has 21 heavy (non-hydrogen) atoms. The number of anilines is 1. The zero-order valence-electron chi connectivity index (χ0n) is 11.9. The molecular formula is C14H17N3O3S. The van der Waals surface area contributed by atoms with Crippen molar-refractivity contribution < 1.29 is 14.4 Å². The molecule has 0 aliphatic carbocycles. The minimum Gasteiger partial charge on any atom is -0.368 e. The number of carbonyl (C=O) groups is 3. The zero-order valence-corrected chi connectivity index (χ0v) is 12.7. The Hall–Kier alpha value is -2.02. The minimum absolute atomic E-state index is 0.114. The second-order valence-corrected chi connectivity index (χ2v) is 5.78. The van der Waals surface area contributed by atoms with E-state index in [2.05, 4.69) is 0 Å². The van der Waals surface area contributed by atoms with Gasteiger partial charge in [0.1, 0.15) is 0 Å². The topological polar surface area (TPSA) is 83.7 Å². The van der Waals surface area contributed by atoms with E-state index >= 15 is 0 Å². The number of carbonyl (C=O) groups excluding carboxylic acids is 3. The quantitative estimate of drug-likeness (QED) is 0.887. The first-order valence-corrected chi connectivity index (χ1v) is 7.45. The smallest absolute Gasteiger partial charge is 0.290 e. The first kappa shape index (κ1) is 15.4. The van der Waals surface area contributed by atoms with E-state index in [4.69, 9.17) is 5.73 Å². The van der Waals surface area contributed by atoms with Gasteiger partial charge in [-0.2, -0.15) is 0 Å². The number of thioether (sulfide) groups is 1. The lowest BCUT2D eigenvalue weighted by Gasteiger charge is -2.27. The van der Waals surface area contributed by atoms with Crippen LogP contribution in [0.4, 0.5) is 10.5 Å². The highest BCUT2D eigenvalue weighted by Gasteiger charge is 2.42. The van der Waals surface area contributed by atoms with Gasteiger partial charge in [-0.25, -0.2) is 0 Å². The number of benzene rings is 1. The molecular weight excluding hydrogens is 290 g/mol. The van der Waals surface area contributed by atoms with Crippen molar-refractivity contribution in [1.29, 1.82) is 0 Å². The summed E-state index contributed by atoms with van der Waals surface area (Å²) in [7, 11) is 0. The average molecular weight is 307 g/mol. The van der Waals surface area contributed by atoms with Crippen molar-refractivity contribution in [2.75, 3.05) is 18.0 Å². The van der Waals surface area contributed by atoms with Gasteiger partial charge in [-0.15, -0.1) is 0 Å². The van der Waals surface area contributed by atoms with Crippen molar-refractivity contribution >= 4 is 34.5 Å². The lowest BCUT2D eigenvalue weighted by atomic mass is 10.2. The van der Waals surface area contributed by atoms with Crippen molar-refractivity contribution in [3.05, 3.63) is 29.8 Å². The van der Waals surface area contributed by atoms with E-state index in [1.54, 1.807) is 11.8 Å². The van der Waals surface area contributed by atoms with Crippen molar-refractivity contribution in [3.63, 3.8) is 0 Å². The number of amides is 3. The number of imide groups is 1. The van der Waals surface area contributed by atoms with E-state index in [1.807, 2.05) is 31.2 Å². The van der Waals surface area contributed by atoms with Gasteiger partial charge in [0.2, 0.25) is 5.91 Å². The Balaban J connectivity index is 2.33. The van der Waals surface area contributed by atoms with Crippen LogP contribution in [0.2, 0.25) is 0 Å². The molecule has 1 atom stereocenters. The van der Waals surface area contributed by atoms with Gasteiger partial charge in [-0.05, 0) is 37.7 Å². The molecule has 0 unspecified atom stereocenters. The molecule has 1 aliphatic rings. The van der Waals surface area contributed by atoms with Crippen LogP contribution >= 0.6 is 11.8 Å². The molecule has 112 valence electrons. The highest BCUT2D eigenvalue weighted by atomic mass is 32.2. The van der Waals surface area contributed by atoms with Gasteiger partial charge in [0.25, 0.3) is 11.1 Å². The molecule has 2 N–H and O–H groups in total. The number of nitrogens with zero attached hydrogens (tertiary/aromatic N) is 2. The zero-order chi connectivity index (χ0) is 15.6. The van der Waals surface area contributed by atoms with Crippen LogP contribution in [0.25, 0.3) is 0 Å². The monoisotopic (exact) mass is 307 g/mol. The van der Waals surface area contributed by atoms with E-state index in [-0.39, 0.29) is 17.7 Å². The molecule has 0 spiro atoms. The molecule has 1 saturated heterocycles. The second-order valence-electron chi connectivity index (χ2n) is 4.75. The highest BCUT2D eigenvalue weighted by molar-refractivity contribution is 8.15. The summed E-state index contributed by atoms with van der Waals surface area (Å²) in [6.45, 7) is 3.89. The van der Waals surface area contributed by atoms with Crippen molar-refractivity contribution in [2.45, 2.75) is 19.2 Å². The van der Waals surface area contributed by atoms with Gasteiger partial charge in [0.05, 0.1) is 6.54 Å². The number of aryl methyl sites for hydroxylation is 1. The molecule has 3 amide bonds. The number of hydrogen-bond acceptors (Lipinski definition) is 5. The maximum absolute atomic E-state index is 12.3. The summed E-state index contributed by atoms with van der Waals surface area (Å²) < 4.78 is 0. The third kappa shape index (κ3) is 3.18. The van der Waals surface area contributed by atoms with Crippen LogP contribution in [0.5, 0.6) is 0 Å². The number of primary amides is 1. The fourth-order valence-corrected chi connectivity index (χ4v) is 3.22. The predicted octanol–water partition coefficient (Wildman–Crippen LogP) is 1.33. The van der Waals surface area contributed by atoms with Crippen molar-refractivity contribution in [2.24, 2.45) is 5.73 Å². The molecule has 1 aromatic rings. The highest BCUT2D eigenvalue weighted by Crippen LogP contribution is 2.32. The molecule has 0 aromatic heterocycles. The second kappa shape index (κ2) is 6.17. The predicted molar refractivity (Wildman–Crippen MR) is 81.9 cm³/mol. The summed E-state index contributed by atoms with van der Waals surface area (Å²) in [5.41, 5.74) is 7.03. The molecule has 1 heterocycles. The fourth-order valence-electron chi connectivity index (χ4n) is 2.13. The Morgan fingerprint density at radius 1 is 1.33 bits per heavy atom. The Labute approximate surface area is 127 Å². The van der Waals surface area contributed by atoms with E-state index in [0.717, 1.165) is 17.3 Å². The van der Waals surface area contributed by atoms with Crippen LogP contribution < -0.4 is 10.6 Å². The number of likely N-dealkylation sites (N-methyl/N-ethyl adjacent to an activating group) is 1. The van der Waals surface area contributed by atoms with E-state index < -0.39 is 11.3 Å². The molecule has 6 nitrogen and oxygen atoms in total. The lowest BCUT2D eigenvalue weighted by Crippen LogP contribution is -2.45. The van der Waals surface area contributed by atoms with Gasteiger partial charge in [0, 0.05) is 12.2 Å². The lowest BCUT2D eigenvalue weighted by molar-refractivity contribution is -0.126. The van der Waals surface area contributed by atoms with Crippen molar-refractivity contribution in [1.82, 2.24) is 4.90 Å². The third-order valence-corrected chi connectivity index (χ3v) is 4.30. The first-order chi connectivity index (χ1) is 9.93. The van der Waals surface area contributed by atoms with Gasteiger partial charge < -0.3 is 10.6 Å². The molecule has 0 radical (unpaired) electrons. The molecule has 7 heteroatoms. The molecule has 0 bridgehead atoms. The molecule has 1 aromatic carbocycles. The van der Waals surface area contributed by atoms with Crippen molar-refractivity contribution in [3.8, 4) is 0 Å². The largest absolute Gasteiger partial charge is 0.368 e. The van der Waals surface area contributed by atoms with E-state index in [0.29, 0.717) is 12.2 Å². The molecule has 1 fully saturated rings. The maximum atomic E-state index is 12.3. The van der Waals surface area contributed by atoms with Gasteiger partial charge in [-0.3, -0.25) is 19.3 Å². The number of nitrogens with two attached hydrogens (primary N) is 1. The van der Waals surface area contributed by atoms with Gasteiger partial charge in [-0.1, -0.05) is 17.7 Å². The van der Waals surface area contributed by atoms with Crippen LogP contribution in [0.3, 0.4) is 0 Å². The summed E-state index contributed by atoms with van der Waals surface area (Å²) in [5.74, 6) is -0.860. The van der Waals surface area contributed by atoms with Crippen LogP contribution in [-0.4, -0.2) is 40.4 Å². The Kier molecular flexibility index (Phi) is 4.52. The Morgan fingerprint density at radius 3 is 2.43 bits per heavy atom. The van der Waals surface area contributed by atoms with Gasteiger partial charge in [0.15, 0.2) is 5.37 Å². The Bertz CT molecular complexity index is 573. The SMILES string of the molecule is CCN1C(=O)S[C@H](N(CC(N)=O)c2ccc(C)cc2)C1=O. The first-order valence-electron chi connectivity index (χ1n) is 6.57. The van der Waals surface area contributed by atoms with Gasteiger partial charge >= 0.3 is 0 Å².